The van der Waals surface area contributed by atoms with Gasteiger partial charge in [-0.1, -0.05) is 19.3 Å². The van der Waals surface area contributed by atoms with E-state index >= 15 is 0 Å². The lowest BCUT2D eigenvalue weighted by Gasteiger charge is -2.10. The third kappa shape index (κ3) is 6.18. The first kappa shape index (κ1) is 12.0. The quantitative estimate of drug-likeness (QED) is 0.588. The number of rotatable bonds is 6. The third-order valence-electron chi connectivity index (χ3n) is 1.80. The average Bonchev–Trinajstić information content (AvgIpc) is 2.16. The van der Waals surface area contributed by atoms with Crippen LogP contribution < -0.4 is 10.6 Å². The Hall–Kier alpha value is -1.01. The van der Waals surface area contributed by atoms with Crippen molar-refractivity contribution in [3.05, 3.63) is 0 Å². The number of carbonyl (C=O) groups is 1. The molecule has 0 saturated heterocycles. The minimum absolute atomic E-state index is 0.0415. The molecule has 0 aliphatic carbocycles. The van der Waals surface area contributed by atoms with Crippen molar-refractivity contribution in [2.24, 2.45) is 0 Å². The van der Waals surface area contributed by atoms with Gasteiger partial charge in [-0.15, -0.1) is 6.42 Å². The van der Waals surface area contributed by atoms with Crippen LogP contribution in [0.1, 0.15) is 26.2 Å². The second-order valence-electron chi connectivity index (χ2n) is 2.89. The highest BCUT2D eigenvalue weighted by atomic mass is 16.1. The molecule has 1 unspecified atom stereocenters. The molecular formula is C10H18N2O. The van der Waals surface area contributed by atoms with Crippen molar-refractivity contribution in [2.75, 3.05) is 13.6 Å². The molecule has 0 spiro atoms. The van der Waals surface area contributed by atoms with Crippen molar-refractivity contribution in [1.82, 2.24) is 10.6 Å². The zero-order chi connectivity index (χ0) is 10.1. The van der Waals surface area contributed by atoms with Crippen molar-refractivity contribution >= 4 is 5.91 Å². The number of amides is 1. The molecule has 3 heteroatoms. The van der Waals surface area contributed by atoms with Crippen LogP contribution in [0.25, 0.3) is 0 Å². The standard InChI is InChI=1S/C10H18N2O/c1-4-6-9(5-2)12-8-7-10(13)11-3/h2,9,12H,4,6-8H2,1,3H3,(H,11,13). The number of hydrogen-bond acceptors (Lipinski definition) is 2. The zero-order valence-corrected chi connectivity index (χ0v) is 8.39. The smallest absolute Gasteiger partial charge is 0.221 e. The largest absolute Gasteiger partial charge is 0.359 e. The van der Waals surface area contributed by atoms with Crippen LogP contribution in [-0.2, 0) is 4.79 Å². The second kappa shape index (κ2) is 7.63. The number of terminal acetylenes is 1. The summed E-state index contributed by atoms with van der Waals surface area (Å²) in [5, 5.41) is 5.70. The second-order valence-corrected chi connectivity index (χ2v) is 2.89. The molecule has 0 aliphatic rings. The summed E-state index contributed by atoms with van der Waals surface area (Å²) < 4.78 is 0. The lowest BCUT2D eigenvalue weighted by molar-refractivity contribution is -0.120. The van der Waals surface area contributed by atoms with E-state index in [1.165, 1.54) is 0 Å². The van der Waals surface area contributed by atoms with Crippen molar-refractivity contribution in [3.63, 3.8) is 0 Å². The predicted octanol–water partition coefficient (Wildman–Crippen LogP) is 0.514. The van der Waals surface area contributed by atoms with Gasteiger partial charge in [-0.25, -0.2) is 0 Å². The van der Waals surface area contributed by atoms with Gasteiger partial charge < -0.3 is 10.6 Å². The van der Waals surface area contributed by atoms with Gasteiger partial charge in [0, 0.05) is 20.0 Å². The summed E-state index contributed by atoms with van der Waals surface area (Å²) in [5.74, 6) is 2.69. The summed E-state index contributed by atoms with van der Waals surface area (Å²) in [4.78, 5) is 10.8. The van der Waals surface area contributed by atoms with Crippen LogP contribution in [0.5, 0.6) is 0 Å². The Balaban J connectivity index is 3.50. The van der Waals surface area contributed by atoms with E-state index in [-0.39, 0.29) is 11.9 Å². The molecule has 3 nitrogen and oxygen atoms in total. The van der Waals surface area contributed by atoms with Gasteiger partial charge in [0.2, 0.25) is 5.91 Å². The third-order valence-corrected chi connectivity index (χ3v) is 1.80. The molecule has 1 amide bonds. The zero-order valence-electron chi connectivity index (χ0n) is 8.39. The molecule has 0 aromatic heterocycles. The van der Waals surface area contributed by atoms with Crippen LogP contribution in [0.15, 0.2) is 0 Å². The first-order chi connectivity index (χ1) is 6.24. The van der Waals surface area contributed by atoms with Crippen LogP contribution >= 0.6 is 0 Å². The van der Waals surface area contributed by atoms with Crippen molar-refractivity contribution in [3.8, 4) is 12.3 Å². The number of nitrogens with one attached hydrogen (secondary N) is 2. The maximum Gasteiger partial charge on any atom is 0.221 e. The molecule has 0 bridgehead atoms. The van der Waals surface area contributed by atoms with Crippen LogP contribution in [0.2, 0.25) is 0 Å². The Kier molecular flexibility index (Phi) is 7.04. The van der Waals surface area contributed by atoms with Gasteiger partial charge >= 0.3 is 0 Å². The summed E-state index contributed by atoms with van der Waals surface area (Å²) in [6.45, 7) is 2.74. The van der Waals surface area contributed by atoms with Gasteiger partial charge in [-0.05, 0) is 6.42 Å². The van der Waals surface area contributed by atoms with Gasteiger partial charge in [0.15, 0.2) is 0 Å². The Bertz CT molecular complexity index is 184. The molecular weight excluding hydrogens is 164 g/mol. The van der Waals surface area contributed by atoms with Crippen LogP contribution in [-0.4, -0.2) is 25.5 Å². The highest BCUT2D eigenvalue weighted by molar-refractivity contribution is 5.75. The van der Waals surface area contributed by atoms with Crippen LogP contribution in [0, 0.1) is 12.3 Å². The summed E-state index contributed by atoms with van der Waals surface area (Å²) in [6, 6.07) is 0.106. The molecule has 0 fully saturated rings. The van der Waals surface area contributed by atoms with Crippen molar-refractivity contribution in [2.45, 2.75) is 32.2 Å². The number of hydrogen-bond donors (Lipinski definition) is 2. The molecule has 0 aromatic rings. The van der Waals surface area contributed by atoms with E-state index in [0.29, 0.717) is 13.0 Å². The first-order valence-electron chi connectivity index (χ1n) is 4.64. The normalized spacial score (nSPS) is 11.8. The molecule has 0 rings (SSSR count). The van der Waals surface area contributed by atoms with E-state index in [0.717, 1.165) is 12.8 Å². The molecule has 0 radical (unpaired) electrons. The van der Waals surface area contributed by atoms with Crippen molar-refractivity contribution < 1.29 is 4.79 Å². The lowest BCUT2D eigenvalue weighted by atomic mass is 10.2. The molecule has 2 N–H and O–H groups in total. The lowest BCUT2D eigenvalue weighted by Crippen LogP contribution is -2.31. The molecule has 0 heterocycles. The highest BCUT2D eigenvalue weighted by Crippen LogP contribution is 1.94. The van der Waals surface area contributed by atoms with Gasteiger partial charge in [-0.3, -0.25) is 4.79 Å². The SMILES string of the molecule is C#CC(CCC)NCCC(=O)NC. The fourth-order valence-corrected chi connectivity index (χ4v) is 1.02. The van der Waals surface area contributed by atoms with Gasteiger partial charge in [0.1, 0.15) is 0 Å². The van der Waals surface area contributed by atoms with E-state index in [1.54, 1.807) is 7.05 Å². The summed E-state index contributed by atoms with van der Waals surface area (Å²) in [7, 11) is 1.63. The summed E-state index contributed by atoms with van der Waals surface area (Å²) in [5.41, 5.74) is 0. The van der Waals surface area contributed by atoms with Crippen LogP contribution in [0.4, 0.5) is 0 Å². The van der Waals surface area contributed by atoms with E-state index < -0.39 is 0 Å². The minimum atomic E-state index is 0.0415. The molecule has 74 valence electrons. The molecule has 0 saturated carbocycles. The minimum Gasteiger partial charge on any atom is -0.359 e. The average molecular weight is 182 g/mol. The fraction of sp³-hybridized carbons (Fsp3) is 0.700. The van der Waals surface area contributed by atoms with E-state index in [9.17, 15) is 4.79 Å². The van der Waals surface area contributed by atoms with Crippen LogP contribution in [0.3, 0.4) is 0 Å². The molecule has 13 heavy (non-hydrogen) atoms. The topological polar surface area (TPSA) is 41.1 Å². The maximum absolute atomic E-state index is 10.8. The summed E-state index contributed by atoms with van der Waals surface area (Å²) >= 11 is 0. The maximum atomic E-state index is 10.8. The Morgan fingerprint density at radius 3 is 2.77 bits per heavy atom. The predicted molar refractivity (Wildman–Crippen MR) is 54.2 cm³/mol. The molecule has 0 aromatic carbocycles. The fourth-order valence-electron chi connectivity index (χ4n) is 1.02. The van der Waals surface area contributed by atoms with E-state index in [1.807, 2.05) is 0 Å². The Labute approximate surface area is 80.3 Å². The first-order valence-corrected chi connectivity index (χ1v) is 4.64. The summed E-state index contributed by atoms with van der Waals surface area (Å²) in [6.07, 6.45) is 7.80. The number of carbonyl (C=O) groups excluding carboxylic acids is 1. The molecule has 0 aliphatic heterocycles. The monoisotopic (exact) mass is 182 g/mol. The van der Waals surface area contributed by atoms with Gasteiger partial charge in [0.25, 0.3) is 0 Å². The Morgan fingerprint density at radius 2 is 2.31 bits per heavy atom. The Morgan fingerprint density at radius 1 is 1.62 bits per heavy atom. The van der Waals surface area contributed by atoms with Gasteiger partial charge in [-0.2, -0.15) is 0 Å². The highest BCUT2D eigenvalue weighted by Gasteiger charge is 2.03. The molecule has 1 atom stereocenters. The van der Waals surface area contributed by atoms with E-state index in [4.69, 9.17) is 6.42 Å². The van der Waals surface area contributed by atoms with E-state index in [2.05, 4.69) is 23.5 Å². The van der Waals surface area contributed by atoms with Crippen molar-refractivity contribution in [1.29, 1.82) is 0 Å². The van der Waals surface area contributed by atoms with Gasteiger partial charge in [0.05, 0.1) is 6.04 Å².